The van der Waals surface area contributed by atoms with Crippen LogP contribution in [0, 0.1) is 0 Å². The molecule has 0 radical (unpaired) electrons. The molecule has 26 heavy (non-hydrogen) atoms. The van der Waals surface area contributed by atoms with Crippen LogP contribution >= 0.6 is 11.3 Å². The van der Waals surface area contributed by atoms with E-state index in [1.807, 2.05) is 43.5 Å². The van der Waals surface area contributed by atoms with Gasteiger partial charge in [0.2, 0.25) is 11.8 Å². The van der Waals surface area contributed by atoms with Gasteiger partial charge in [-0.05, 0) is 37.6 Å². The fourth-order valence-electron chi connectivity index (χ4n) is 3.06. The van der Waals surface area contributed by atoms with Crippen molar-refractivity contribution < 1.29 is 14.3 Å². The molecule has 1 saturated heterocycles. The van der Waals surface area contributed by atoms with Gasteiger partial charge in [0, 0.05) is 24.0 Å². The first-order valence-electron chi connectivity index (χ1n) is 8.87. The van der Waals surface area contributed by atoms with Crippen LogP contribution in [0.2, 0.25) is 0 Å². The molecule has 1 fully saturated rings. The highest BCUT2D eigenvalue weighted by molar-refractivity contribution is 7.13. The molecule has 2 amide bonds. The standard InChI is InChI=1S/C19H23N3O3S/c1-3-16-18(24)20-9-10-22(16)17(23)11-14-12-26-19(21-14)13-5-7-15(8-6-13)25-4-2/h5-8,12,16H,3-4,9-11H2,1-2H3,(H,20,24)/t16-/m0/s1. The number of rotatable bonds is 6. The van der Waals surface area contributed by atoms with E-state index in [4.69, 9.17) is 4.74 Å². The third-order valence-corrected chi connectivity index (χ3v) is 5.27. The van der Waals surface area contributed by atoms with E-state index in [1.54, 1.807) is 4.90 Å². The van der Waals surface area contributed by atoms with Crippen LogP contribution < -0.4 is 10.1 Å². The van der Waals surface area contributed by atoms with Gasteiger partial charge in [-0.2, -0.15) is 0 Å². The van der Waals surface area contributed by atoms with Crippen LogP contribution in [0.25, 0.3) is 10.6 Å². The predicted octanol–water partition coefficient (Wildman–Crippen LogP) is 2.49. The Hall–Kier alpha value is -2.41. The molecular weight excluding hydrogens is 350 g/mol. The van der Waals surface area contributed by atoms with Gasteiger partial charge in [-0.3, -0.25) is 9.59 Å². The molecule has 0 spiro atoms. The predicted molar refractivity (Wildman–Crippen MR) is 101 cm³/mol. The van der Waals surface area contributed by atoms with E-state index in [1.165, 1.54) is 11.3 Å². The average molecular weight is 373 g/mol. The molecule has 0 saturated carbocycles. The van der Waals surface area contributed by atoms with Gasteiger partial charge in [-0.15, -0.1) is 11.3 Å². The van der Waals surface area contributed by atoms with Crippen LogP contribution in [-0.4, -0.2) is 47.4 Å². The number of ether oxygens (including phenoxy) is 1. The molecular formula is C19H23N3O3S. The fourth-order valence-corrected chi connectivity index (χ4v) is 3.88. The number of nitrogens with one attached hydrogen (secondary N) is 1. The summed E-state index contributed by atoms with van der Waals surface area (Å²) in [4.78, 5) is 30.8. The monoisotopic (exact) mass is 373 g/mol. The number of carbonyl (C=O) groups excluding carboxylic acids is 2. The van der Waals surface area contributed by atoms with Crippen molar-refractivity contribution in [2.75, 3.05) is 19.7 Å². The van der Waals surface area contributed by atoms with Crippen LogP contribution in [0.3, 0.4) is 0 Å². The smallest absolute Gasteiger partial charge is 0.242 e. The van der Waals surface area contributed by atoms with E-state index in [9.17, 15) is 9.59 Å². The van der Waals surface area contributed by atoms with Gasteiger partial charge in [0.05, 0.1) is 18.7 Å². The summed E-state index contributed by atoms with van der Waals surface area (Å²) >= 11 is 1.52. The highest BCUT2D eigenvalue weighted by atomic mass is 32.1. The Morgan fingerprint density at radius 1 is 1.35 bits per heavy atom. The largest absolute Gasteiger partial charge is 0.494 e. The molecule has 1 aromatic heterocycles. The summed E-state index contributed by atoms with van der Waals surface area (Å²) in [6.45, 7) is 5.57. The van der Waals surface area contributed by atoms with Gasteiger partial charge in [-0.1, -0.05) is 6.92 Å². The molecule has 1 aromatic carbocycles. The zero-order valence-corrected chi connectivity index (χ0v) is 15.8. The molecule has 1 aliphatic heterocycles. The van der Waals surface area contributed by atoms with Crippen LogP contribution in [0.15, 0.2) is 29.6 Å². The fraction of sp³-hybridized carbons (Fsp3) is 0.421. The number of amides is 2. The summed E-state index contributed by atoms with van der Waals surface area (Å²) in [6, 6.07) is 7.40. The second kappa shape index (κ2) is 8.31. The van der Waals surface area contributed by atoms with Crippen LogP contribution in [-0.2, 0) is 16.0 Å². The van der Waals surface area contributed by atoms with Crippen molar-refractivity contribution >= 4 is 23.2 Å². The third kappa shape index (κ3) is 4.04. The van der Waals surface area contributed by atoms with Gasteiger partial charge >= 0.3 is 0 Å². The van der Waals surface area contributed by atoms with Crippen molar-refractivity contribution in [3.8, 4) is 16.3 Å². The first-order chi connectivity index (χ1) is 12.6. The normalized spacial score (nSPS) is 17.1. The molecule has 7 heteroatoms. The molecule has 0 unspecified atom stereocenters. The molecule has 2 heterocycles. The maximum atomic E-state index is 12.6. The van der Waals surface area contributed by atoms with Crippen molar-refractivity contribution in [2.45, 2.75) is 32.7 Å². The summed E-state index contributed by atoms with van der Waals surface area (Å²) in [7, 11) is 0. The number of benzene rings is 1. The summed E-state index contributed by atoms with van der Waals surface area (Å²) in [5.74, 6) is 0.716. The van der Waals surface area contributed by atoms with Gasteiger partial charge in [0.15, 0.2) is 0 Å². The summed E-state index contributed by atoms with van der Waals surface area (Å²) in [5.41, 5.74) is 1.74. The topological polar surface area (TPSA) is 71.5 Å². The van der Waals surface area contributed by atoms with Crippen molar-refractivity contribution in [3.63, 3.8) is 0 Å². The van der Waals surface area contributed by atoms with E-state index in [2.05, 4.69) is 10.3 Å². The second-order valence-corrected chi connectivity index (χ2v) is 6.94. The molecule has 0 bridgehead atoms. The number of hydrogen-bond acceptors (Lipinski definition) is 5. The van der Waals surface area contributed by atoms with E-state index in [-0.39, 0.29) is 24.3 Å². The number of nitrogens with zero attached hydrogens (tertiary/aromatic N) is 2. The minimum atomic E-state index is -0.375. The molecule has 1 atom stereocenters. The lowest BCUT2D eigenvalue weighted by molar-refractivity contribution is -0.142. The number of piperazine rings is 1. The van der Waals surface area contributed by atoms with Crippen molar-refractivity contribution in [2.24, 2.45) is 0 Å². The SMILES string of the molecule is CCOc1ccc(-c2nc(CC(=O)N3CCNC(=O)[C@@H]3CC)cs2)cc1. The minimum Gasteiger partial charge on any atom is -0.494 e. The maximum absolute atomic E-state index is 12.6. The molecule has 138 valence electrons. The summed E-state index contributed by atoms with van der Waals surface area (Å²) in [6.07, 6.45) is 0.837. The van der Waals surface area contributed by atoms with Gasteiger partial charge in [0.25, 0.3) is 0 Å². The van der Waals surface area contributed by atoms with E-state index in [0.29, 0.717) is 26.1 Å². The highest BCUT2D eigenvalue weighted by Gasteiger charge is 2.31. The average Bonchev–Trinajstić information content (AvgIpc) is 3.11. The molecule has 6 nitrogen and oxygen atoms in total. The first-order valence-corrected chi connectivity index (χ1v) is 9.75. The first kappa shape index (κ1) is 18.4. The maximum Gasteiger partial charge on any atom is 0.242 e. The van der Waals surface area contributed by atoms with Gasteiger partial charge in [-0.25, -0.2) is 4.98 Å². The van der Waals surface area contributed by atoms with Crippen molar-refractivity contribution in [1.82, 2.24) is 15.2 Å². The Morgan fingerprint density at radius 2 is 2.12 bits per heavy atom. The lowest BCUT2D eigenvalue weighted by Crippen LogP contribution is -2.57. The molecule has 1 aliphatic rings. The molecule has 1 N–H and O–H groups in total. The quantitative estimate of drug-likeness (QED) is 0.844. The zero-order valence-electron chi connectivity index (χ0n) is 15.0. The van der Waals surface area contributed by atoms with Crippen LogP contribution in [0.4, 0.5) is 0 Å². The number of aromatic nitrogens is 1. The second-order valence-electron chi connectivity index (χ2n) is 6.08. The third-order valence-electron chi connectivity index (χ3n) is 4.33. The Morgan fingerprint density at radius 3 is 2.81 bits per heavy atom. The summed E-state index contributed by atoms with van der Waals surface area (Å²) in [5, 5.41) is 5.60. The van der Waals surface area contributed by atoms with Crippen LogP contribution in [0.5, 0.6) is 5.75 Å². The van der Waals surface area contributed by atoms with Crippen molar-refractivity contribution in [1.29, 1.82) is 0 Å². The number of carbonyl (C=O) groups is 2. The van der Waals surface area contributed by atoms with Gasteiger partial charge < -0.3 is 15.0 Å². The highest BCUT2D eigenvalue weighted by Crippen LogP contribution is 2.26. The van der Waals surface area contributed by atoms with E-state index in [0.717, 1.165) is 22.0 Å². The Labute approximate surface area is 157 Å². The zero-order chi connectivity index (χ0) is 18.5. The number of hydrogen-bond donors (Lipinski definition) is 1. The van der Waals surface area contributed by atoms with E-state index < -0.39 is 0 Å². The minimum absolute atomic E-state index is 0.0461. The molecule has 0 aliphatic carbocycles. The summed E-state index contributed by atoms with van der Waals surface area (Å²) < 4.78 is 5.45. The van der Waals surface area contributed by atoms with Gasteiger partial charge in [0.1, 0.15) is 16.8 Å². The Bertz CT molecular complexity index is 773. The lowest BCUT2D eigenvalue weighted by Gasteiger charge is -2.34. The van der Waals surface area contributed by atoms with Crippen LogP contribution in [0.1, 0.15) is 26.0 Å². The Balaban J connectivity index is 1.67. The van der Waals surface area contributed by atoms with E-state index >= 15 is 0 Å². The number of thiazole rings is 1. The van der Waals surface area contributed by atoms with Crippen molar-refractivity contribution in [3.05, 3.63) is 35.3 Å². The molecule has 2 aromatic rings. The lowest BCUT2D eigenvalue weighted by atomic mass is 10.1. The Kier molecular flexibility index (Phi) is 5.88. The molecule has 3 rings (SSSR count).